The summed E-state index contributed by atoms with van der Waals surface area (Å²) in [5, 5.41) is 13.8. The number of allylic oxidation sites excluding steroid dienone is 1. The molecule has 0 spiro atoms. The fourth-order valence-corrected chi connectivity index (χ4v) is 2.55. The number of hydrogen-bond donors (Lipinski definition) is 2. The van der Waals surface area contributed by atoms with Crippen LogP contribution in [-0.4, -0.2) is 16.7 Å². The van der Waals surface area contributed by atoms with Crippen LogP contribution in [0.4, 0.5) is 0 Å². The van der Waals surface area contributed by atoms with Gasteiger partial charge in [0.1, 0.15) is 0 Å². The minimum absolute atomic E-state index is 0.00544. The summed E-state index contributed by atoms with van der Waals surface area (Å²) in [7, 11) is 0. The highest BCUT2D eigenvalue weighted by Crippen LogP contribution is 2.30. The zero-order valence-corrected chi connectivity index (χ0v) is 12.2. The molecular weight excluding hydrogens is 272 g/mol. The molecule has 4 nitrogen and oxygen atoms in total. The third-order valence-electron chi connectivity index (χ3n) is 3.63. The molecule has 4 heteroatoms. The van der Waals surface area contributed by atoms with E-state index in [1.807, 2.05) is 72.8 Å². The second kappa shape index (κ2) is 6.26. The van der Waals surface area contributed by atoms with Crippen LogP contribution in [0.2, 0.25) is 0 Å². The Balaban J connectivity index is 1.81. The van der Waals surface area contributed by atoms with E-state index in [0.717, 1.165) is 23.3 Å². The second-order valence-electron chi connectivity index (χ2n) is 5.20. The molecular formula is C18H18N4. The van der Waals surface area contributed by atoms with E-state index >= 15 is 0 Å². The van der Waals surface area contributed by atoms with Crippen LogP contribution < -0.4 is 5.73 Å². The Kier molecular flexibility index (Phi) is 4.01. The van der Waals surface area contributed by atoms with Crippen molar-refractivity contribution in [1.82, 2.24) is 5.01 Å². The highest BCUT2D eigenvalue weighted by atomic mass is 15.5. The first-order valence-corrected chi connectivity index (χ1v) is 7.23. The van der Waals surface area contributed by atoms with Crippen molar-refractivity contribution in [2.45, 2.75) is 12.5 Å². The maximum absolute atomic E-state index is 7.73. The van der Waals surface area contributed by atoms with Crippen molar-refractivity contribution in [3.05, 3.63) is 77.9 Å². The first kappa shape index (κ1) is 14.1. The van der Waals surface area contributed by atoms with E-state index in [9.17, 15) is 0 Å². The Labute approximate surface area is 130 Å². The first-order chi connectivity index (χ1) is 10.7. The monoisotopic (exact) mass is 290 g/mol. The highest BCUT2D eigenvalue weighted by Gasteiger charge is 2.28. The number of benzene rings is 2. The number of nitrogens with one attached hydrogen (secondary N) is 1. The third kappa shape index (κ3) is 3.06. The molecule has 1 aliphatic rings. The van der Waals surface area contributed by atoms with E-state index in [-0.39, 0.29) is 12.0 Å². The molecule has 2 aromatic rings. The molecule has 0 amide bonds. The van der Waals surface area contributed by atoms with Gasteiger partial charge in [-0.25, -0.2) is 5.01 Å². The van der Waals surface area contributed by atoms with Crippen molar-refractivity contribution in [2.75, 3.05) is 0 Å². The zero-order valence-electron chi connectivity index (χ0n) is 12.2. The number of guanidine groups is 1. The standard InChI is InChI=1S/C18H18N4/c19-18(20)22-17(15-9-5-2-6-10-15)13-16(21-22)12-11-14-7-3-1-4-8-14/h1-12,17H,13H2,(H3,19,20)/b12-11+. The molecule has 0 bridgehead atoms. The highest BCUT2D eigenvalue weighted by molar-refractivity contribution is 6.01. The van der Waals surface area contributed by atoms with Crippen LogP contribution in [0.15, 0.2) is 71.8 Å². The van der Waals surface area contributed by atoms with Crippen molar-refractivity contribution in [3.63, 3.8) is 0 Å². The van der Waals surface area contributed by atoms with E-state index in [2.05, 4.69) is 5.10 Å². The van der Waals surface area contributed by atoms with E-state index in [1.165, 1.54) is 0 Å². The van der Waals surface area contributed by atoms with Crippen LogP contribution >= 0.6 is 0 Å². The molecule has 0 aliphatic carbocycles. The molecule has 1 atom stereocenters. The smallest absolute Gasteiger partial charge is 0.209 e. The maximum atomic E-state index is 7.73. The molecule has 0 radical (unpaired) electrons. The average molecular weight is 290 g/mol. The third-order valence-corrected chi connectivity index (χ3v) is 3.63. The van der Waals surface area contributed by atoms with Crippen molar-refractivity contribution in [1.29, 1.82) is 5.41 Å². The van der Waals surface area contributed by atoms with Crippen LogP contribution in [0.25, 0.3) is 6.08 Å². The molecule has 1 heterocycles. The van der Waals surface area contributed by atoms with Gasteiger partial charge in [0.25, 0.3) is 0 Å². The Morgan fingerprint density at radius 2 is 1.68 bits per heavy atom. The van der Waals surface area contributed by atoms with Crippen molar-refractivity contribution in [3.8, 4) is 0 Å². The summed E-state index contributed by atoms with van der Waals surface area (Å²) < 4.78 is 0. The molecule has 1 aliphatic heterocycles. The van der Waals surface area contributed by atoms with Gasteiger partial charge in [0.2, 0.25) is 5.96 Å². The van der Waals surface area contributed by atoms with E-state index in [0.29, 0.717) is 0 Å². The molecule has 0 aromatic heterocycles. The number of hydrogen-bond acceptors (Lipinski definition) is 2. The summed E-state index contributed by atoms with van der Waals surface area (Å²) in [6, 6.07) is 20.1. The molecule has 1 unspecified atom stereocenters. The molecule has 2 aromatic carbocycles. The summed E-state index contributed by atoms with van der Waals surface area (Å²) in [4.78, 5) is 0. The Morgan fingerprint density at radius 3 is 2.32 bits per heavy atom. The average Bonchev–Trinajstić information content (AvgIpc) is 2.99. The SMILES string of the molecule is N=C(N)N1N=C(/C=C/c2ccccc2)CC1c1ccccc1. The van der Waals surface area contributed by atoms with E-state index in [4.69, 9.17) is 11.1 Å². The minimum atomic E-state index is -0.0306. The van der Waals surface area contributed by atoms with Gasteiger partial charge in [-0.2, -0.15) is 5.10 Å². The number of rotatable bonds is 3. The van der Waals surface area contributed by atoms with Gasteiger partial charge in [0, 0.05) is 6.42 Å². The normalized spacial score (nSPS) is 17.7. The maximum Gasteiger partial charge on any atom is 0.209 e. The molecule has 0 saturated carbocycles. The quantitative estimate of drug-likeness (QED) is 0.672. The van der Waals surface area contributed by atoms with E-state index < -0.39 is 0 Å². The summed E-state index contributed by atoms with van der Waals surface area (Å²) >= 11 is 0. The fourth-order valence-electron chi connectivity index (χ4n) is 2.55. The predicted octanol–water partition coefficient (Wildman–Crippen LogP) is 3.40. The molecule has 110 valence electrons. The second-order valence-corrected chi connectivity index (χ2v) is 5.20. The van der Waals surface area contributed by atoms with Gasteiger partial charge < -0.3 is 5.73 Å². The Hall–Kier alpha value is -2.88. The summed E-state index contributed by atoms with van der Waals surface area (Å²) in [6.07, 6.45) is 4.77. The lowest BCUT2D eigenvalue weighted by Crippen LogP contribution is -2.32. The van der Waals surface area contributed by atoms with Crippen LogP contribution in [-0.2, 0) is 0 Å². The van der Waals surface area contributed by atoms with Crippen LogP contribution in [0.3, 0.4) is 0 Å². The van der Waals surface area contributed by atoms with Crippen LogP contribution in [0, 0.1) is 5.41 Å². The van der Waals surface area contributed by atoms with Gasteiger partial charge in [-0.05, 0) is 17.2 Å². The minimum Gasteiger partial charge on any atom is -0.369 e. The Morgan fingerprint density at radius 1 is 1.05 bits per heavy atom. The Bertz CT molecular complexity index is 704. The van der Waals surface area contributed by atoms with Crippen molar-refractivity contribution < 1.29 is 0 Å². The predicted molar refractivity (Wildman–Crippen MR) is 90.5 cm³/mol. The number of nitrogens with zero attached hydrogens (tertiary/aromatic N) is 2. The van der Waals surface area contributed by atoms with Gasteiger partial charge >= 0.3 is 0 Å². The number of hydrazone groups is 1. The fraction of sp³-hybridized carbons (Fsp3) is 0.111. The van der Waals surface area contributed by atoms with Gasteiger partial charge in [-0.3, -0.25) is 5.41 Å². The lowest BCUT2D eigenvalue weighted by atomic mass is 10.0. The topological polar surface area (TPSA) is 65.5 Å². The van der Waals surface area contributed by atoms with Gasteiger partial charge in [-0.1, -0.05) is 66.7 Å². The van der Waals surface area contributed by atoms with Crippen molar-refractivity contribution >= 4 is 17.7 Å². The first-order valence-electron chi connectivity index (χ1n) is 7.23. The number of nitrogens with two attached hydrogens (primary N) is 1. The van der Waals surface area contributed by atoms with Gasteiger partial charge in [-0.15, -0.1) is 0 Å². The summed E-state index contributed by atoms with van der Waals surface area (Å²) in [5.41, 5.74) is 8.84. The van der Waals surface area contributed by atoms with Gasteiger partial charge in [0.15, 0.2) is 0 Å². The van der Waals surface area contributed by atoms with E-state index in [1.54, 1.807) is 5.01 Å². The van der Waals surface area contributed by atoms with Gasteiger partial charge in [0.05, 0.1) is 11.8 Å². The van der Waals surface area contributed by atoms with Crippen LogP contribution in [0.1, 0.15) is 23.6 Å². The lowest BCUT2D eigenvalue weighted by Gasteiger charge is -2.21. The lowest BCUT2D eigenvalue weighted by molar-refractivity contribution is 0.363. The summed E-state index contributed by atoms with van der Waals surface area (Å²) in [6.45, 7) is 0. The molecule has 3 rings (SSSR count). The zero-order chi connectivity index (χ0) is 15.4. The molecule has 0 saturated heterocycles. The largest absolute Gasteiger partial charge is 0.369 e. The summed E-state index contributed by atoms with van der Waals surface area (Å²) in [5.74, 6) is -0.0306. The molecule has 3 N–H and O–H groups in total. The van der Waals surface area contributed by atoms with Crippen LogP contribution in [0.5, 0.6) is 0 Å². The molecule has 0 fully saturated rings. The van der Waals surface area contributed by atoms with Crippen molar-refractivity contribution in [2.24, 2.45) is 10.8 Å². The molecule has 22 heavy (non-hydrogen) atoms.